The molecule has 4 rings (SSSR count). The van der Waals surface area contributed by atoms with Gasteiger partial charge in [-0.3, -0.25) is 0 Å². The van der Waals surface area contributed by atoms with Crippen molar-refractivity contribution in [3.8, 4) is 11.1 Å². The monoisotopic (exact) mass is 253 g/mol. The fourth-order valence-electron chi connectivity index (χ4n) is 2.87. The number of hydrogen-bond donors (Lipinski definition) is 0. The third kappa shape index (κ3) is 1.70. The van der Waals surface area contributed by atoms with Crippen LogP contribution in [0.5, 0.6) is 0 Å². The highest BCUT2D eigenvalue weighted by atomic mass is 14.1. The van der Waals surface area contributed by atoms with E-state index in [4.69, 9.17) is 0 Å². The van der Waals surface area contributed by atoms with Gasteiger partial charge in [-0.05, 0) is 50.9 Å². The molecule has 0 N–H and O–H groups in total. The van der Waals surface area contributed by atoms with Crippen LogP contribution in [0.4, 0.5) is 0 Å². The average Bonchev–Trinajstić information content (AvgIpc) is 2.53. The summed E-state index contributed by atoms with van der Waals surface area (Å²) >= 11 is 0. The highest BCUT2D eigenvalue weighted by molar-refractivity contribution is 6.12. The number of benzene rings is 4. The fraction of sp³-hybridized carbons (Fsp3) is 0. The van der Waals surface area contributed by atoms with Crippen LogP contribution in [0, 0.1) is 6.07 Å². The highest BCUT2D eigenvalue weighted by Gasteiger charge is 2.08. The molecular weight excluding hydrogens is 240 g/mol. The van der Waals surface area contributed by atoms with E-state index in [0.29, 0.717) is 0 Å². The Kier molecular flexibility index (Phi) is 2.53. The molecule has 4 aromatic carbocycles. The van der Waals surface area contributed by atoms with Crippen LogP contribution in [-0.2, 0) is 0 Å². The van der Waals surface area contributed by atoms with E-state index in [9.17, 15) is 0 Å². The van der Waals surface area contributed by atoms with Gasteiger partial charge in [-0.15, -0.1) is 0 Å². The van der Waals surface area contributed by atoms with Crippen LogP contribution in [0.3, 0.4) is 0 Å². The fourth-order valence-corrected chi connectivity index (χ4v) is 2.87. The van der Waals surface area contributed by atoms with Gasteiger partial charge in [0.15, 0.2) is 0 Å². The molecule has 0 saturated heterocycles. The van der Waals surface area contributed by atoms with Gasteiger partial charge in [0, 0.05) is 0 Å². The van der Waals surface area contributed by atoms with Gasteiger partial charge in [0.1, 0.15) is 0 Å². The molecule has 0 heteroatoms. The molecule has 93 valence electrons. The Labute approximate surface area is 118 Å². The summed E-state index contributed by atoms with van der Waals surface area (Å²) in [6, 6.07) is 30.8. The van der Waals surface area contributed by atoms with Crippen molar-refractivity contribution < 1.29 is 0 Å². The maximum atomic E-state index is 3.19. The molecule has 1 radical (unpaired) electrons. The smallest absolute Gasteiger partial charge is 0.00266 e. The minimum Gasteiger partial charge on any atom is -0.0616 e. The molecule has 0 fully saturated rings. The van der Waals surface area contributed by atoms with E-state index in [-0.39, 0.29) is 0 Å². The van der Waals surface area contributed by atoms with E-state index in [1.54, 1.807) is 0 Å². The quantitative estimate of drug-likeness (QED) is 0.395. The van der Waals surface area contributed by atoms with Gasteiger partial charge in [-0.2, -0.15) is 0 Å². The van der Waals surface area contributed by atoms with E-state index >= 15 is 0 Å². The lowest BCUT2D eigenvalue weighted by Gasteiger charge is -2.11. The normalized spacial score (nSPS) is 11.0. The molecule has 0 atom stereocenters. The van der Waals surface area contributed by atoms with Gasteiger partial charge in [0.05, 0.1) is 0 Å². The Hall–Kier alpha value is -2.60. The summed E-state index contributed by atoms with van der Waals surface area (Å²) in [4.78, 5) is 0. The molecule has 0 aliphatic heterocycles. The van der Waals surface area contributed by atoms with Gasteiger partial charge >= 0.3 is 0 Å². The van der Waals surface area contributed by atoms with E-state index in [1.165, 1.54) is 32.7 Å². The Bertz CT molecular complexity index is 835. The van der Waals surface area contributed by atoms with Crippen molar-refractivity contribution in [1.29, 1.82) is 0 Å². The molecule has 0 aromatic heterocycles. The lowest BCUT2D eigenvalue weighted by Crippen LogP contribution is -1.85. The molecular formula is C20H13. The summed E-state index contributed by atoms with van der Waals surface area (Å²) in [5.74, 6) is 0. The second-order valence-electron chi connectivity index (χ2n) is 4.99. The molecule has 0 bridgehead atoms. The minimum atomic E-state index is 1.22. The lowest BCUT2D eigenvalue weighted by atomic mass is 9.92. The molecule has 0 saturated carbocycles. The van der Waals surface area contributed by atoms with Crippen LogP contribution >= 0.6 is 0 Å². The Morgan fingerprint density at radius 2 is 1.30 bits per heavy atom. The first-order valence-corrected chi connectivity index (χ1v) is 6.80. The SMILES string of the molecule is [c]1cccc(-c2c3ccccc3cc3ccccc23)c1. The Balaban J connectivity index is 2.24. The van der Waals surface area contributed by atoms with E-state index in [1.807, 2.05) is 12.1 Å². The summed E-state index contributed by atoms with van der Waals surface area (Å²) in [6.07, 6.45) is 0. The van der Waals surface area contributed by atoms with Crippen molar-refractivity contribution in [1.82, 2.24) is 0 Å². The molecule has 20 heavy (non-hydrogen) atoms. The van der Waals surface area contributed by atoms with Gasteiger partial charge < -0.3 is 0 Å². The molecule has 0 aliphatic carbocycles. The molecule has 4 aromatic rings. The van der Waals surface area contributed by atoms with Crippen molar-refractivity contribution in [2.75, 3.05) is 0 Å². The maximum Gasteiger partial charge on any atom is -0.00266 e. The molecule has 0 amide bonds. The molecule has 0 nitrogen and oxygen atoms in total. The second-order valence-corrected chi connectivity index (χ2v) is 4.99. The second kappa shape index (κ2) is 4.50. The summed E-state index contributed by atoms with van der Waals surface area (Å²) in [7, 11) is 0. The first-order valence-electron chi connectivity index (χ1n) is 6.80. The van der Waals surface area contributed by atoms with Gasteiger partial charge in [0.2, 0.25) is 0 Å². The van der Waals surface area contributed by atoms with Crippen LogP contribution in [0.1, 0.15) is 0 Å². The number of hydrogen-bond acceptors (Lipinski definition) is 0. The highest BCUT2D eigenvalue weighted by Crippen LogP contribution is 2.35. The van der Waals surface area contributed by atoms with Gasteiger partial charge in [0.25, 0.3) is 0 Å². The zero-order valence-electron chi connectivity index (χ0n) is 11.0. The third-order valence-corrected chi connectivity index (χ3v) is 3.77. The molecule has 0 aliphatic rings. The Morgan fingerprint density at radius 3 is 1.90 bits per heavy atom. The largest absolute Gasteiger partial charge is 0.0616 e. The van der Waals surface area contributed by atoms with E-state index in [2.05, 4.69) is 72.8 Å². The van der Waals surface area contributed by atoms with Crippen LogP contribution in [0.2, 0.25) is 0 Å². The summed E-state index contributed by atoms with van der Waals surface area (Å²) in [5, 5.41) is 5.16. The number of rotatable bonds is 1. The maximum absolute atomic E-state index is 3.19. The van der Waals surface area contributed by atoms with Gasteiger partial charge in [-0.25, -0.2) is 0 Å². The zero-order valence-corrected chi connectivity index (χ0v) is 11.0. The summed E-state index contributed by atoms with van der Waals surface area (Å²) < 4.78 is 0. The Morgan fingerprint density at radius 1 is 0.650 bits per heavy atom. The van der Waals surface area contributed by atoms with Crippen molar-refractivity contribution >= 4 is 21.5 Å². The summed E-state index contributed by atoms with van der Waals surface area (Å²) in [6.45, 7) is 0. The van der Waals surface area contributed by atoms with Crippen LogP contribution in [-0.4, -0.2) is 0 Å². The van der Waals surface area contributed by atoms with Crippen LogP contribution in [0.25, 0.3) is 32.7 Å². The van der Waals surface area contributed by atoms with Crippen molar-refractivity contribution in [2.24, 2.45) is 0 Å². The molecule has 0 unspecified atom stereocenters. The predicted octanol–water partition coefficient (Wildman–Crippen LogP) is 5.46. The standard InChI is InChI=1S/C20H13/c1-2-8-15(9-3-1)20-18-12-6-4-10-16(18)14-17-11-5-7-13-19(17)20/h1-2,4-14H. The first kappa shape index (κ1) is 11.2. The predicted molar refractivity (Wildman–Crippen MR) is 85.7 cm³/mol. The van der Waals surface area contributed by atoms with E-state index in [0.717, 1.165) is 0 Å². The van der Waals surface area contributed by atoms with Crippen molar-refractivity contribution in [2.45, 2.75) is 0 Å². The first-order chi connectivity index (χ1) is 9.93. The van der Waals surface area contributed by atoms with Gasteiger partial charge in [-0.1, -0.05) is 66.7 Å². The zero-order chi connectivity index (χ0) is 13.4. The van der Waals surface area contributed by atoms with Crippen LogP contribution < -0.4 is 0 Å². The van der Waals surface area contributed by atoms with Crippen molar-refractivity contribution in [3.05, 3.63) is 84.9 Å². The van der Waals surface area contributed by atoms with Crippen molar-refractivity contribution in [3.63, 3.8) is 0 Å². The average molecular weight is 253 g/mol. The molecule has 0 heterocycles. The minimum absolute atomic E-state index is 1.22. The van der Waals surface area contributed by atoms with Crippen LogP contribution in [0.15, 0.2) is 78.9 Å². The number of fused-ring (bicyclic) bond motifs is 2. The third-order valence-electron chi connectivity index (χ3n) is 3.77. The van der Waals surface area contributed by atoms with E-state index < -0.39 is 0 Å². The lowest BCUT2D eigenvalue weighted by molar-refractivity contribution is 1.66. The summed E-state index contributed by atoms with van der Waals surface area (Å²) in [5.41, 5.74) is 2.52. The topological polar surface area (TPSA) is 0 Å². The molecule has 0 spiro atoms.